The van der Waals surface area contributed by atoms with Crippen LogP contribution in [0.5, 0.6) is 5.75 Å². The van der Waals surface area contributed by atoms with Gasteiger partial charge in [-0.25, -0.2) is 0 Å². The Morgan fingerprint density at radius 1 is 1.09 bits per heavy atom. The first-order valence-electron chi connectivity index (χ1n) is 10.5. The Bertz CT molecular complexity index is 1290. The van der Waals surface area contributed by atoms with E-state index in [0.29, 0.717) is 22.9 Å². The predicted molar refractivity (Wildman–Crippen MR) is 127 cm³/mol. The highest BCUT2D eigenvalue weighted by Crippen LogP contribution is 2.24. The van der Waals surface area contributed by atoms with Crippen molar-refractivity contribution in [1.82, 2.24) is 14.9 Å². The summed E-state index contributed by atoms with van der Waals surface area (Å²) < 4.78 is 12.9. The predicted octanol–water partition coefficient (Wildman–Crippen LogP) is 5.64. The van der Waals surface area contributed by atoms with Gasteiger partial charge in [0.2, 0.25) is 0 Å². The van der Waals surface area contributed by atoms with Gasteiger partial charge in [0.05, 0.1) is 12.1 Å². The van der Waals surface area contributed by atoms with Crippen LogP contribution in [0.2, 0.25) is 5.02 Å². The molecule has 0 aliphatic heterocycles. The summed E-state index contributed by atoms with van der Waals surface area (Å²) in [5.74, 6) is 1.06. The number of hydrogen-bond donors (Lipinski definition) is 1. The molecule has 4 aromatic rings. The first kappa shape index (κ1) is 22.6. The number of carbonyl (C=O) groups is 1. The second kappa shape index (κ2) is 9.50. The van der Waals surface area contributed by atoms with Crippen LogP contribution < -0.4 is 10.1 Å². The van der Waals surface area contributed by atoms with Crippen LogP contribution in [0.1, 0.15) is 44.1 Å². The third-order valence-corrected chi connectivity index (χ3v) is 5.61. The zero-order valence-electron chi connectivity index (χ0n) is 19.0. The summed E-state index contributed by atoms with van der Waals surface area (Å²) in [7, 11) is 0. The Hall–Kier alpha value is -3.58. The molecule has 0 saturated carbocycles. The van der Waals surface area contributed by atoms with Crippen molar-refractivity contribution in [1.29, 1.82) is 0 Å². The lowest BCUT2D eigenvalue weighted by Crippen LogP contribution is -2.16. The van der Waals surface area contributed by atoms with Crippen LogP contribution in [0.4, 0.5) is 5.82 Å². The van der Waals surface area contributed by atoms with Crippen molar-refractivity contribution in [2.24, 2.45) is 0 Å². The number of nitrogens with one attached hydrogen (secondary N) is 1. The monoisotopic (exact) mass is 464 g/mol. The lowest BCUT2D eigenvalue weighted by atomic mass is 10.1. The van der Waals surface area contributed by atoms with Crippen LogP contribution >= 0.6 is 11.6 Å². The molecule has 0 aliphatic rings. The molecule has 0 fully saturated rings. The van der Waals surface area contributed by atoms with Gasteiger partial charge in [-0.2, -0.15) is 5.10 Å². The van der Waals surface area contributed by atoms with E-state index in [0.717, 1.165) is 22.4 Å². The van der Waals surface area contributed by atoms with Gasteiger partial charge in [0.15, 0.2) is 11.5 Å². The average Bonchev–Trinajstić information content (AvgIpc) is 3.32. The minimum atomic E-state index is -0.464. The van der Waals surface area contributed by atoms with Crippen molar-refractivity contribution < 1.29 is 14.1 Å². The maximum atomic E-state index is 12.9. The van der Waals surface area contributed by atoms with E-state index in [2.05, 4.69) is 15.6 Å². The SMILES string of the molecule is Cc1ccc(Cn2cc(Cl)c(NC(=O)c3noc(C)c3COc3cc(C)ccc3C)n2)cc1. The van der Waals surface area contributed by atoms with E-state index in [4.69, 9.17) is 20.9 Å². The van der Waals surface area contributed by atoms with E-state index >= 15 is 0 Å². The Balaban J connectivity index is 1.47. The molecule has 8 heteroatoms. The molecule has 2 heterocycles. The summed E-state index contributed by atoms with van der Waals surface area (Å²) in [6.45, 7) is 8.44. The molecule has 0 radical (unpaired) electrons. The average molecular weight is 465 g/mol. The highest BCUT2D eigenvalue weighted by atomic mass is 35.5. The molecule has 0 unspecified atom stereocenters. The Morgan fingerprint density at radius 3 is 2.58 bits per heavy atom. The van der Waals surface area contributed by atoms with E-state index in [1.807, 2.05) is 63.2 Å². The van der Waals surface area contributed by atoms with Crippen molar-refractivity contribution in [3.05, 3.63) is 93.0 Å². The number of aromatic nitrogens is 3. The number of aryl methyl sites for hydroxylation is 4. The Labute approximate surface area is 197 Å². The summed E-state index contributed by atoms with van der Waals surface area (Å²) >= 11 is 6.32. The third kappa shape index (κ3) is 5.26. The smallest absolute Gasteiger partial charge is 0.279 e. The largest absolute Gasteiger partial charge is 0.488 e. The van der Waals surface area contributed by atoms with Gasteiger partial charge in [0.25, 0.3) is 5.91 Å². The zero-order valence-corrected chi connectivity index (χ0v) is 19.7. The fourth-order valence-electron chi connectivity index (χ4n) is 3.36. The van der Waals surface area contributed by atoms with Crippen LogP contribution in [0.15, 0.2) is 53.2 Å². The molecule has 1 N–H and O–H groups in total. The molecule has 0 atom stereocenters. The summed E-state index contributed by atoms with van der Waals surface area (Å²) in [6.07, 6.45) is 1.68. The zero-order chi connectivity index (χ0) is 23.5. The van der Waals surface area contributed by atoms with Crippen LogP contribution in [0.25, 0.3) is 0 Å². The second-order valence-electron chi connectivity index (χ2n) is 8.09. The molecular weight excluding hydrogens is 440 g/mol. The molecule has 170 valence electrons. The van der Waals surface area contributed by atoms with Crippen molar-refractivity contribution >= 4 is 23.3 Å². The number of ether oxygens (including phenoxy) is 1. The van der Waals surface area contributed by atoms with Crippen LogP contribution in [0.3, 0.4) is 0 Å². The van der Waals surface area contributed by atoms with E-state index in [-0.39, 0.29) is 18.1 Å². The summed E-state index contributed by atoms with van der Waals surface area (Å²) in [6, 6.07) is 14.1. The normalized spacial score (nSPS) is 10.9. The fraction of sp³-hybridized carbons (Fsp3) is 0.240. The van der Waals surface area contributed by atoms with Gasteiger partial charge in [-0.15, -0.1) is 0 Å². The van der Waals surface area contributed by atoms with Gasteiger partial charge in [-0.1, -0.05) is 58.7 Å². The quantitative estimate of drug-likeness (QED) is 0.383. The van der Waals surface area contributed by atoms with E-state index in [1.54, 1.807) is 17.8 Å². The molecule has 0 aliphatic carbocycles. The molecule has 0 spiro atoms. The minimum absolute atomic E-state index is 0.141. The lowest BCUT2D eigenvalue weighted by molar-refractivity contribution is 0.101. The maximum Gasteiger partial charge on any atom is 0.279 e. The highest BCUT2D eigenvalue weighted by Gasteiger charge is 2.22. The van der Waals surface area contributed by atoms with Crippen molar-refractivity contribution in [2.75, 3.05) is 5.32 Å². The lowest BCUT2D eigenvalue weighted by Gasteiger charge is -2.10. The van der Waals surface area contributed by atoms with Crippen LogP contribution in [-0.2, 0) is 13.2 Å². The fourth-order valence-corrected chi connectivity index (χ4v) is 3.56. The molecular formula is C25H25ClN4O3. The summed E-state index contributed by atoms with van der Waals surface area (Å²) in [5, 5.41) is 11.4. The van der Waals surface area contributed by atoms with Crippen molar-refractivity contribution in [3.63, 3.8) is 0 Å². The number of anilines is 1. The third-order valence-electron chi connectivity index (χ3n) is 5.33. The minimum Gasteiger partial charge on any atom is -0.488 e. The van der Waals surface area contributed by atoms with Crippen LogP contribution in [0, 0.1) is 27.7 Å². The highest BCUT2D eigenvalue weighted by molar-refractivity contribution is 6.33. The number of carbonyl (C=O) groups excluding carboxylic acids is 1. The molecule has 7 nitrogen and oxygen atoms in total. The molecule has 33 heavy (non-hydrogen) atoms. The molecule has 1 amide bonds. The van der Waals surface area contributed by atoms with Crippen molar-refractivity contribution in [3.8, 4) is 5.75 Å². The number of amides is 1. The topological polar surface area (TPSA) is 82.2 Å². The van der Waals surface area contributed by atoms with E-state index in [9.17, 15) is 4.79 Å². The van der Waals surface area contributed by atoms with Gasteiger partial charge in [0.1, 0.15) is 23.1 Å². The number of rotatable bonds is 7. The Kier molecular flexibility index (Phi) is 6.51. The first-order chi connectivity index (χ1) is 15.8. The molecule has 2 aromatic heterocycles. The van der Waals surface area contributed by atoms with Gasteiger partial charge in [-0.05, 0) is 50.5 Å². The maximum absolute atomic E-state index is 12.9. The standard InChI is InChI=1S/C25H25ClN4O3/c1-15-6-9-19(10-7-15)12-30-13-21(26)24(28-30)27-25(31)23-20(18(4)33-29-23)14-32-22-11-16(2)5-8-17(22)3/h5-11,13H,12,14H2,1-4H3,(H,27,28,31). The number of nitrogens with zero attached hydrogens (tertiary/aromatic N) is 3. The van der Waals surface area contributed by atoms with Crippen LogP contribution in [-0.4, -0.2) is 20.8 Å². The van der Waals surface area contributed by atoms with E-state index < -0.39 is 5.91 Å². The van der Waals surface area contributed by atoms with E-state index in [1.165, 1.54) is 5.56 Å². The summed E-state index contributed by atoms with van der Waals surface area (Å²) in [4.78, 5) is 12.9. The van der Waals surface area contributed by atoms with Gasteiger partial charge < -0.3 is 14.6 Å². The number of hydrogen-bond acceptors (Lipinski definition) is 5. The summed E-state index contributed by atoms with van der Waals surface area (Å²) in [5.41, 5.74) is 5.07. The Morgan fingerprint density at radius 2 is 1.82 bits per heavy atom. The van der Waals surface area contributed by atoms with Gasteiger partial charge >= 0.3 is 0 Å². The van der Waals surface area contributed by atoms with Crippen molar-refractivity contribution in [2.45, 2.75) is 40.8 Å². The first-order valence-corrected chi connectivity index (χ1v) is 10.9. The molecule has 4 rings (SSSR count). The number of benzene rings is 2. The second-order valence-corrected chi connectivity index (χ2v) is 8.49. The number of halogens is 1. The van der Waals surface area contributed by atoms with Gasteiger partial charge in [-0.3, -0.25) is 9.48 Å². The van der Waals surface area contributed by atoms with Gasteiger partial charge in [0, 0.05) is 6.20 Å². The molecule has 0 saturated heterocycles. The molecule has 2 aromatic carbocycles. The molecule has 0 bridgehead atoms.